The quantitative estimate of drug-likeness (QED) is 0.360. The number of nitrogens with one attached hydrogen (secondary N) is 1. The first-order chi connectivity index (χ1) is 18.3. The van der Waals surface area contributed by atoms with Gasteiger partial charge in [-0.15, -0.1) is 0 Å². The van der Waals surface area contributed by atoms with E-state index in [2.05, 4.69) is 10.3 Å². The number of carbonyl (C=O) groups excluding carboxylic acids is 1. The van der Waals surface area contributed by atoms with E-state index < -0.39 is 9.84 Å². The van der Waals surface area contributed by atoms with Crippen LogP contribution in [0.25, 0.3) is 0 Å². The van der Waals surface area contributed by atoms with Crippen LogP contribution < -0.4 is 5.32 Å². The van der Waals surface area contributed by atoms with Gasteiger partial charge in [0, 0.05) is 25.4 Å². The molecule has 4 rings (SSSR count). The van der Waals surface area contributed by atoms with E-state index >= 15 is 0 Å². The molecule has 2 amide bonds. The largest absolute Gasteiger partial charge is 0.383 e. The molecule has 1 aromatic heterocycles. The van der Waals surface area contributed by atoms with E-state index in [-0.39, 0.29) is 29.5 Å². The number of imidazole rings is 1. The van der Waals surface area contributed by atoms with Crippen molar-refractivity contribution in [2.45, 2.75) is 69.4 Å². The Morgan fingerprint density at radius 1 is 1.08 bits per heavy atom. The summed E-state index contributed by atoms with van der Waals surface area (Å²) in [7, 11) is -2.11. The Kier molecular flexibility index (Phi) is 9.22. The lowest BCUT2D eigenvalue weighted by Gasteiger charge is -2.29. The number of methoxy groups -OCH3 is 1. The Labute approximate surface area is 225 Å². The summed E-state index contributed by atoms with van der Waals surface area (Å²) < 4.78 is 34.5. The zero-order chi connectivity index (χ0) is 27.1. The maximum Gasteiger partial charge on any atom is 0.322 e. The van der Waals surface area contributed by atoms with Crippen molar-refractivity contribution in [2.24, 2.45) is 0 Å². The van der Waals surface area contributed by atoms with Crippen molar-refractivity contribution in [1.82, 2.24) is 14.5 Å². The minimum Gasteiger partial charge on any atom is -0.383 e. The van der Waals surface area contributed by atoms with Crippen LogP contribution in [0.5, 0.6) is 0 Å². The third kappa shape index (κ3) is 7.02. The summed E-state index contributed by atoms with van der Waals surface area (Å²) in [6, 6.07) is 14.9. The normalized spacial score (nSPS) is 14.4. The van der Waals surface area contributed by atoms with Gasteiger partial charge in [-0.1, -0.05) is 66.8 Å². The van der Waals surface area contributed by atoms with Gasteiger partial charge in [0.15, 0.2) is 0 Å². The molecule has 9 heteroatoms. The Balaban J connectivity index is 1.64. The second kappa shape index (κ2) is 12.6. The molecule has 1 aliphatic carbocycles. The van der Waals surface area contributed by atoms with E-state index in [9.17, 15) is 13.2 Å². The molecule has 3 aromatic rings. The molecule has 38 heavy (non-hydrogen) atoms. The van der Waals surface area contributed by atoms with Crippen molar-refractivity contribution in [2.75, 3.05) is 25.6 Å². The number of carbonyl (C=O) groups is 1. The summed E-state index contributed by atoms with van der Waals surface area (Å²) in [4.78, 5) is 19.4. The molecule has 0 unspecified atom stereocenters. The van der Waals surface area contributed by atoms with Gasteiger partial charge < -0.3 is 19.5 Å². The fourth-order valence-electron chi connectivity index (χ4n) is 5.03. The predicted octanol–water partition coefficient (Wildman–Crippen LogP) is 5.66. The first-order valence-corrected chi connectivity index (χ1v) is 14.9. The van der Waals surface area contributed by atoms with Gasteiger partial charge >= 0.3 is 6.03 Å². The molecule has 0 atom stereocenters. The topological polar surface area (TPSA) is 93.5 Å². The molecule has 1 aliphatic rings. The number of amides is 2. The van der Waals surface area contributed by atoms with Crippen LogP contribution in [-0.4, -0.2) is 49.2 Å². The number of aromatic nitrogens is 2. The Morgan fingerprint density at radius 2 is 1.82 bits per heavy atom. The lowest BCUT2D eigenvalue weighted by atomic mass is 9.95. The molecule has 2 aromatic carbocycles. The number of benzene rings is 2. The van der Waals surface area contributed by atoms with E-state index in [4.69, 9.17) is 4.74 Å². The van der Waals surface area contributed by atoms with Gasteiger partial charge in [-0.25, -0.2) is 18.2 Å². The first-order valence-electron chi connectivity index (χ1n) is 13.2. The maximum absolute atomic E-state index is 13.7. The SMILES string of the molecule is COCCN(Cc1cnc(S(=O)(=O)Cc2cccc(C)c2)n1C1CCCCC1)C(=O)Nc1ccc(C)cc1. The van der Waals surface area contributed by atoms with Gasteiger partial charge in [-0.2, -0.15) is 0 Å². The molecule has 0 aliphatic heterocycles. The number of nitrogens with zero attached hydrogens (tertiary/aromatic N) is 3. The predicted molar refractivity (Wildman–Crippen MR) is 149 cm³/mol. The Morgan fingerprint density at radius 3 is 2.50 bits per heavy atom. The summed E-state index contributed by atoms with van der Waals surface area (Å²) in [6.07, 6.45) is 6.64. The Bertz CT molecular complexity index is 1330. The second-order valence-electron chi connectivity index (χ2n) is 10.2. The van der Waals surface area contributed by atoms with Gasteiger partial charge in [0.1, 0.15) is 0 Å². The number of sulfone groups is 1. The number of anilines is 1. The van der Waals surface area contributed by atoms with Gasteiger partial charge in [0.25, 0.3) is 0 Å². The first kappa shape index (κ1) is 27.9. The molecule has 0 radical (unpaired) electrons. The minimum atomic E-state index is -3.71. The fourth-order valence-corrected chi connectivity index (χ4v) is 6.56. The third-order valence-electron chi connectivity index (χ3n) is 7.00. The molecule has 1 saturated carbocycles. The van der Waals surface area contributed by atoms with Crippen molar-refractivity contribution in [3.8, 4) is 0 Å². The molecular weight excluding hydrogens is 500 g/mol. The molecule has 8 nitrogen and oxygen atoms in total. The molecule has 1 heterocycles. The van der Waals surface area contributed by atoms with Crippen molar-refractivity contribution >= 4 is 21.6 Å². The smallest absolute Gasteiger partial charge is 0.322 e. The van der Waals surface area contributed by atoms with Crippen molar-refractivity contribution in [3.63, 3.8) is 0 Å². The number of hydrogen-bond acceptors (Lipinski definition) is 5. The van der Waals surface area contributed by atoms with Crippen molar-refractivity contribution < 1.29 is 17.9 Å². The minimum absolute atomic E-state index is 0.0352. The van der Waals surface area contributed by atoms with Crippen molar-refractivity contribution in [1.29, 1.82) is 0 Å². The van der Waals surface area contributed by atoms with Crippen LogP contribution >= 0.6 is 0 Å². The van der Waals surface area contributed by atoms with Gasteiger partial charge in [0.05, 0.1) is 30.8 Å². The fraction of sp³-hybridized carbons (Fsp3) is 0.448. The Hall–Kier alpha value is -3.17. The van der Waals surface area contributed by atoms with Gasteiger partial charge in [-0.05, 0) is 44.4 Å². The standard InChI is InChI=1S/C29H38N4O4S/c1-22-12-14-25(15-13-22)31-28(34)32(16-17-37-3)20-27-19-30-29(33(27)26-10-5-4-6-11-26)38(35,36)21-24-9-7-8-23(2)18-24/h7-9,12-15,18-19,26H,4-6,10-11,16-17,20-21H2,1-3H3,(H,31,34). The summed E-state index contributed by atoms with van der Waals surface area (Å²) in [5.41, 5.74) is 4.28. The summed E-state index contributed by atoms with van der Waals surface area (Å²) >= 11 is 0. The number of rotatable bonds is 10. The second-order valence-corrected chi connectivity index (χ2v) is 12.0. The molecule has 0 spiro atoms. The van der Waals surface area contributed by atoms with Crippen LogP contribution in [0, 0.1) is 13.8 Å². The van der Waals surface area contributed by atoms with Crippen LogP contribution in [-0.2, 0) is 26.9 Å². The molecular formula is C29H38N4O4S. The highest BCUT2D eigenvalue weighted by atomic mass is 32.2. The number of urea groups is 1. The molecule has 0 bridgehead atoms. The van der Waals surface area contributed by atoms with Crippen LogP contribution in [0.4, 0.5) is 10.5 Å². The number of aryl methyl sites for hydroxylation is 2. The average molecular weight is 539 g/mol. The lowest BCUT2D eigenvalue weighted by molar-refractivity contribution is 0.151. The van der Waals surface area contributed by atoms with Crippen LogP contribution in [0.1, 0.15) is 60.5 Å². The van der Waals surface area contributed by atoms with E-state index in [0.29, 0.717) is 18.8 Å². The highest BCUT2D eigenvalue weighted by Crippen LogP contribution is 2.33. The van der Waals surface area contributed by atoms with Crippen LogP contribution in [0.15, 0.2) is 59.9 Å². The van der Waals surface area contributed by atoms with E-state index in [1.807, 2.05) is 66.9 Å². The molecule has 0 saturated heterocycles. The highest BCUT2D eigenvalue weighted by molar-refractivity contribution is 7.90. The zero-order valence-electron chi connectivity index (χ0n) is 22.5. The third-order valence-corrected chi connectivity index (χ3v) is 8.58. The van der Waals surface area contributed by atoms with E-state index in [1.165, 1.54) is 0 Å². The number of ether oxygens (including phenoxy) is 1. The maximum atomic E-state index is 13.7. The average Bonchev–Trinajstić information content (AvgIpc) is 3.33. The van der Waals surface area contributed by atoms with E-state index in [0.717, 1.165) is 54.5 Å². The van der Waals surface area contributed by atoms with Gasteiger partial charge in [0.2, 0.25) is 15.0 Å². The summed E-state index contributed by atoms with van der Waals surface area (Å²) in [5.74, 6) is -0.112. The van der Waals surface area contributed by atoms with E-state index in [1.54, 1.807) is 18.2 Å². The zero-order valence-corrected chi connectivity index (χ0v) is 23.3. The van der Waals surface area contributed by atoms with Crippen molar-refractivity contribution in [3.05, 3.63) is 77.1 Å². The highest BCUT2D eigenvalue weighted by Gasteiger charge is 2.30. The van der Waals surface area contributed by atoms with Crippen LogP contribution in [0.2, 0.25) is 0 Å². The summed E-state index contributed by atoms with van der Waals surface area (Å²) in [6.45, 7) is 4.89. The number of hydrogen-bond donors (Lipinski definition) is 1. The molecule has 1 N–H and O–H groups in total. The lowest BCUT2D eigenvalue weighted by Crippen LogP contribution is -2.37. The monoisotopic (exact) mass is 538 g/mol. The summed E-state index contributed by atoms with van der Waals surface area (Å²) in [5, 5.41) is 3.05. The molecule has 1 fully saturated rings. The van der Waals surface area contributed by atoms with Crippen LogP contribution in [0.3, 0.4) is 0 Å². The van der Waals surface area contributed by atoms with Gasteiger partial charge in [-0.3, -0.25) is 0 Å². The molecule has 204 valence electrons.